The number of imide groups is 1. The maximum absolute atomic E-state index is 13.2. The van der Waals surface area contributed by atoms with E-state index < -0.39 is 23.8 Å². The van der Waals surface area contributed by atoms with Crippen LogP contribution in [0.5, 0.6) is 0 Å². The first kappa shape index (κ1) is 19.5. The largest absolute Gasteiger partial charge is 0.332 e. The number of hydrogen-bond donors (Lipinski definition) is 1. The van der Waals surface area contributed by atoms with Crippen LogP contribution in [0.1, 0.15) is 20.3 Å². The van der Waals surface area contributed by atoms with Crippen LogP contribution in [0.4, 0.5) is 20.6 Å². The monoisotopic (exact) mass is 383 g/mol. The van der Waals surface area contributed by atoms with Crippen LogP contribution < -0.4 is 10.2 Å². The predicted octanol–water partition coefficient (Wildman–Crippen LogP) is 3.65. The first-order valence-electron chi connectivity index (χ1n) is 9.12. The zero-order valence-corrected chi connectivity index (χ0v) is 15.8. The number of anilines is 2. The summed E-state index contributed by atoms with van der Waals surface area (Å²) in [5, 5.41) is 2.74. The van der Waals surface area contributed by atoms with Crippen molar-refractivity contribution in [1.29, 1.82) is 0 Å². The van der Waals surface area contributed by atoms with Crippen molar-refractivity contribution in [2.24, 2.45) is 5.92 Å². The molecule has 0 unspecified atom stereocenters. The van der Waals surface area contributed by atoms with E-state index in [0.29, 0.717) is 12.2 Å². The first-order chi connectivity index (χ1) is 13.4. The van der Waals surface area contributed by atoms with Crippen molar-refractivity contribution in [3.63, 3.8) is 0 Å². The van der Waals surface area contributed by atoms with Crippen LogP contribution in [-0.2, 0) is 9.59 Å². The van der Waals surface area contributed by atoms with Crippen molar-refractivity contribution in [2.75, 3.05) is 16.8 Å². The number of para-hydroxylation sites is 1. The summed E-state index contributed by atoms with van der Waals surface area (Å²) in [6.45, 7) is 4.20. The SMILES string of the molecule is CC(C)CN1C(=O)N(c2ccc(F)cc2)C(=O)[C@H]1CC(=O)Nc1ccccc1. The van der Waals surface area contributed by atoms with Crippen LogP contribution in [0, 0.1) is 11.7 Å². The van der Waals surface area contributed by atoms with E-state index in [4.69, 9.17) is 0 Å². The molecule has 2 aromatic carbocycles. The number of nitrogens with zero attached hydrogens (tertiary/aromatic N) is 2. The Hall–Kier alpha value is -3.22. The smallest absolute Gasteiger partial charge is 0.326 e. The Morgan fingerprint density at radius 2 is 1.71 bits per heavy atom. The average molecular weight is 383 g/mol. The summed E-state index contributed by atoms with van der Waals surface area (Å²) in [6, 6.07) is 12.7. The molecule has 6 nitrogen and oxygen atoms in total. The van der Waals surface area contributed by atoms with Gasteiger partial charge in [0, 0.05) is 12.2 Å². The molecule has 0 saturated carbocycles. The molecule has 1 fully saturated rings. The van der Waals surface area contributed by atoms with Gasteiger partial charge in [0.2, 0.25) is 5.91 Å². The third kappa shape index (κ3) is 4.19. The molecule has 1 atom stereocenters. The van der Waals surface area contributed by atoms with Gasteiger partial charge in [-0.1, -0.05) is 32.0 Å². The molecule has 28 heavy (non-hydrogen) atoms. The van der Waals surface area contributed by atoms with Gasteiger partial charge in [-0.2, -0.15) is 0 Å². The molecule has 7 heteroatoms. The van der Waals surface area contributed by atoms with Gasteiger partial charge in [0.25, 0.3) is 5.91 Å². The van der Waals surface area contributed by atoms with Crippen LogP contribution in [0.3, 0.4) is 0 Å². The molecule has 0 aliphatic carbocycles. The molecule has 4 amide bonds. The molecule has 1 aliphatic rings. The predicted molar refractivity (Wildman–Crippen MR) is 104 cm³/mol. The van der Waals surface area contributed by atoms with Gasteiger partial charge < -0.3 is 10.2 Å². The Morgan fingerprint density at radius 1 is 1.07 bits per heavy atom. The quantitative estimate of drug-likeness (QED) is 0.774. The third-order valence-electron chi connectivity index (χ3n) is 4.40. The second-order valence-electron chi connectivity index (χ2n) is 7.11. The number of carbonyl (C=O) groups excluding carboxylic acids is 3. The fourth-order valence-electron chi connectivity index (χ4n) is 3.17. The zero-order valence-electron chi connectivity index (χ0n) is 15.8. The first-order valence-corrected chi connectivity index (χ1v) is 9.12. The lowest BCUT2D eigenvalue weighted by Gasteiger charge is -2.23. The Labute approximate surface area is 162 Å². The molecule has 2 aromatic rings. The number of benzene rings is 2. The number of nitrogens with one attached hydrogen (secondary N) is 1. The molecule has 1 aliphatic heterocycles. The molecular formula is C21H22FN3O3. The van der Waals surface area contributed by atoms with E-state index >= 15 is 0 Å². The molecule has 1 N–H and O–H groups in total. The normalized spacial score (nSPS) is 16.8. The van der Waals surface area contributed by atoms with E-state index in [-0.39, 0.29) is 23.9 Å². The minimum absolute atomic E-state index is 0.115. The molecule has 1 saturated heterocycles. The van der Waals surface area contributed by atoms with E-state index in [9.17, 15) is 18.8 Å². The van der Waals surface area contributed by atoms with Crippen molar-refractivity contribution < 1.29 is 18.8 Å². The van der Waals surface area contributed by atoms with Crippen LogP contribution >= 0.6 is 0 Å². The molecule has 146 valence electrons. The second kappa shape index (κ2) is 8.21. The van der Waals surface area contributed by atoms with Gasteiger partial charge in [0.1, 0.15) is 11.9 Å². The van der Waals surface area contributed by atoms with Gasteiger partial charge in [-0.15, -0.1) is 0 Å². The van der Waals surface area contributed by atoms with Crippen molar-refractivity contribution in [2.45, 2.75) is 26.3 Å². The highest BCUT2D eigenvalue weighted by molar-refractivity contribution is 6.22. The maximum atomic E-state index is 13.2. The number of hydrogen-bond acceptors (Lipinski definition) is 3. The number of halogens is 1. The zero-order chi connectivity index (χ0) is 20.3. The summed E-state index contributed by atoms with van der Waals surface area (Å²) in [4.78, 5) is 40.8. The summed E-state index contributed by atoms with van der Waals surface area (Å²) in [5.74, 6) is -1.18. The van der Waals surface area contributed by atoms with Crippen molar-refractivity contribution in [1.82, 2.24) is 4.90 Å². The Kier molecular flexibility index (Phi) is 5.73. The Balaban J connectivity index is 1.82. The molecule has 0 aromatic heterocycles. The lowest BCUT2D eigenvalue weighted by molar-refractivity contribution is -0.124. The highest BCUT2D eigenvalue weighted by Crippen LogP contribution is 2.28. The third-order valence-corrected chi connectivity index (χ3v) is 4.40. The highest BCUT2D eigenvalue weighted by atomic mass is 19.1. The van der Waals surface area contributed by atoms with E-state index in [1.165, 1.54) is 29.2 Å². The van der Waals surface area contributed by atoms with E-state index in [0.717, 1.165) is 4.90 Å². The number of urea groups is 1. The Morgan fingerprint density at radius 3 is 2.32 bits per heavy atom. The van der Waals surface area contributed by atoms with Crippen molar-refractivity contribution in [3.8, 4) is 0 Å². The van der Waals surface area contributed by atoms with Crippen LogP contribution in [0.15, 0.2) is 54.6 Å². The molecule has 0 bridgehead atoms. The molecular weight excluding hydrogens is 361 g/mol. The highest BCUT2D eigenvalue weighted by Gasteiger charge is 2.46. The second-order valence-corrected chi connectivity index (χ2v) is 7.11. The standard InChI is InChI=1S/C21H22FN3O3/c1-14(2)13-24-18(12-19(26)23-16-6-4-3-5-7-16)20(27)25(21(24)28)17-10-8-15(22)9-11-17/h3-11,14,18H,12-13H2,1-2H3,(H,23,26)/t18-/m1/s1. The summed E-state index contributed by atoms with van der Waals surface area (Å²) < 4.78 is 13.2. The van der Waals surface area contributed by atoms with Gasteiger partial charge in [-0.3, -0.25) is 9.59 Å². The molecule has 0 spiro atoms. The number of amides is 4. The number of rotatable bonds is 6. The average Bonchev–Trinajstić information content (AvgIpc) is 2.87. The van der Waals surface area contributed by atoms with E-state index in [1.54, 1.807) is 24.3 Å². The molecule has 3 rings (SSSR count). The van der Waals surface area contributed by atoms with Gasteiger partial charge in [0.15, 0.2) is 0 Å². The van der Waals surface area contributed by atoms with Crippen LogP contribution in [0.25, 0.3) is 0 Å². The van der Waals surface area contributed by atoms with Gasteiger partial charge in [-0.25, -0.2) is 14.1 Å². The minimum Gasteiger partial charge on any atom is -0.326 e. The Bertz CT molecular complexity index is 868. The maximum Gasteiger partial charge on any atom is 0.332 e. The fraction of sp³-hybridized carbons (Fsp3) is 0.286. The summed E-state index contributed by atoms with van der Waals surface area (Å²) in [6.07, 6.45) is -0.149. The van der Waals surface area contributed by atoms with Crippen LogP contribution in [0.2, 0.25) is 0 Å². The topological polar surface area (TPSA) is 69.7 Å². The summed E-state index contributed by atoms with van der Waals surface area (Å²) in [7, 11) is 0. The van der Waals surface area contributed by atoms with E-state index in [1.807, 2.05) is 19.9 Å². The van der Waals surface area contributed by atoms with Gasteiger partial charge in [-0.05, 0) is 42.3 Å². The minimum atomic E-state index is -0.899. The van der Waals surface area contributed by atoms with Crippen molar-refractivity contribution >= 4 is 29.2 Å². The van der Waals surface area contributed by atoms with Gasteiger partial charge >= 0.3 is 6.03 Å². The molecule has 0 radical (unpaired) electrons. The summed E-state index contributed by atoms with van der Waals surface area (Å²) >= 11 is 0. The number of carbonyl (C=O) groups is 3. The van der Waals surface area contributed by atoms with Crippen LogP contribution in [-0.4, -0.2) is 35.3 Å². The summed E-state index contributed by atoms with van der Waals surface area (Å²) in [5.41, 5.74) is 0.909. The lowest BCUT2D eigenvalue weighted by atomic mass is 10.1. The van der Waals surface area contributed by atoms with E-state index in [2.05, 4.69) is 5.32 Å². The fourth-order valence-corrected chi connectivity index (χ4v) is 3.17. The lowest BCUT2D eigenvalue weighted by Crippen LogP contribution is -2.40. The van der Waals surface area contributed by atoms with Crippen molar-refractivity contribution in [3.05, 3.63) is 60.4 Å². The molecule has 1 heterocycles. The van der Waals surface area contributed by atoms with Gasteiger partial charge in [0.05, 0.1) is 12.1 Å².